The third kappa shape index (κ3) is 2.47. The SMILES string of the molecule is Nc1cc(-c2ccco2)nn1-c1ccc(C(F)(F)F)cn1. The molecule has 0 saturated carbocycles. The van der Waals surface area contributed by atoms with Gasteiger partial charge in [0.25, 0.3) is 0 Å². The van der Waals surface area contributed by atoms with Gasteiger partial charge in [0.2, 0.25) is 0 Å². The summed E-state index contributed by atoms with van der Waals surface area (Å²) in [7, 11) is 0. The zero-order valence-corrected chi connectivity index (χ0v) is 10.5. The van der Waals surface area contributed by atoms with Crippen molar-refractivity contribution in [1.82, 2.24) is 14.8 Å². The van der Waals surface area contributed by atoms with Crippen LogP contribution in [0.3, 0.4) is 0 Å². The molecule has 3 aromatic heterocycles. The third-order valence-corrected chi connectivity index (χ3v) is 2.80. The van der Waals surface area contributed by atoms with Crippen LogP contribution in [0.5, 0.6) is 0 Å². The minimum Gasteiger partial charge on any atom is -0.463 e. The normalized spacial score (nSPS) is 11.8. The van der Waals surface area contributed by atoms with Gasteiger partial charge < -0.3 is 10.2 Å². The lowest BCUT2D eigenvalue weighted by Crippen LogP contribution is -2.08. The molecule has 3 heterocycles. The Balaban J connectivity index is 1.97. The van der Waals surface area contributed by atoms with E-state index in [2.05, 4.69) is 10.1 Å². The Bertz CT molecular complexity index is 745. The van der Waals surface area contributed by atoms with Crippen LogP contribution in [-0.2, 0) is 6.18 Å². The predicted octanol–water partition coefficient (Wildman–Crippen LogP) is 3.13. The predicted molar refractivity (Wildman–Crippen MR) is 68.5 cm³/mol. The Morgan fingerprint density at radius 3 is 2.57 bits per heavy atom. The number of hydrogen-bond acceptors (Lipinski definition) is 4. The van der Waals surface area contributed by atoms with Crippen LogP contribution in [-0.4, -0.2) is 14.8 Å². The Hall–Kier alpha value is -2.77. The van der Waals surface area contributed by atoms with E-state index in [1.54, 1.807) is 18.2 Å². The number of furan rings is 1. The summed E-state index contributed by atoms with van der Waals surface area (Å²) in [6.07, 6.45) is -2.20. The Kier molecular flexibility index (Phi) is 2.93. The summed E-state index contributed by atoms with van der Waals surface area (Å²) in [6.45, 7) is 0. The summed E-state index contributed by atoms with van der Waals surface area (Å²) in [5.74, 6) is 0.944. The summed E-state index contributed by atoms with van der Waals surface area (Å²) in [6, 6.07) is 7.08. The molecule has 0 aliphatic rings. The number of nitrogens with two attached hydrogens (primary N) is 1. The van der Waals surface area contributed by atoms with E-state index in [9.17, 15) is 13.2 Å². The van der Waals surface area contributed by atoms with Gasteiger partial charge in [-0.05, 0) is 24.3 Å². The van der Waals surface area contributed by atoms with Crippen molar-refractivity contribution >= 4 is 5.82 Å². The van der Waals surface area contributed by atoms with Gasteiger partial charge in [0, 0.05) is 12.3 Å². The van der Waals surface area contributed by atoms with Crippen LogP contribution in [0.1, 0.15) is 5.56 Å². The molecule has 21 heavy (non-hydrogen) atoms. The maximum atomic E-state index is 12.5. The summed E-state index contributed by atoms with van der Waals surface area (Å²) in [5, 5.41) is 4.17. The molecule has 0 aliphatic heterocycles. The van der Waals surface area contributed by atoms with E-state index in [0.717, 1.165) is 12.3 Å². The molecule has 0 bridgehead atoms. The number of rotatable bonds is 2. The summed E-state index contributed by atoms with van der Waals surface area (Å²) in [5.41, 5.74) is 5.44. The van der Waals surface area contributed by atoms with Crippen molar-refractivity contribution in [3.63, 3.8) is 0 Å². The molecule has 0 atom stereocenters. The molecule has 0 aromatic carbocycles. The maximum Gasteiger partial charge on any atom is 0.417 e. The van der Waals surface area contributed by atoms with Gasteiger partial charge in [-0.2, -0.15) is 23.0 Å². The highest BCUT2D eigenvalue weighted by Gasteiger charge is 2.30. The first-order valence-electron chi connectivity index (χ1n) is 5.88. The van der Waals surface area contributed by atoms with Crippen LogP contribution in [0.4, 0.5) is 19.0 Å². The number of nitrogens with zero attached hydrogens (tertiary/aromatic N) is 3. The molecule has 0 fully saturated rings. The van der Waals surface area contributed by atoms with Crippen molar-refractivity contribution < 1.29 is 17.6 Å². The summed E-state index contributed by atoms with van der Waals surface area (Å²) < 4.78 is 43.9. The molecule has 8 heteroatoms. The third-order valence-electron chi connectivity index (χ3n) is 2.80. The second-order valence-corrected chi connectivity index (χ2v) is 4.25. The molecular weight excluding hydrogens is 285 g/mol. The smallest absolute Gasteiger partial charge is 0.417 e. The van der Waals surface area contributed by atoms with Crippen LogP contribution in [0.25, 0.3) is 17.3 Å². The van der Waals surface area contributed by atoms with Gasteiger partial charge in [0.15, 0.2) is 11.6 Å². The molecule has 0 saturated heterocycles. The molecule has 0 spiro atoms. The highest BCUT2D eigenvalue weighted by atomic mass is 19.4. The van der Waals surface area contributed by atoms with E-state index in [1.165, 1.54) is 17.0 Å². The lowest BCUT2D eigenvalue weighted by Gasteiger charge is -2.07. The van der Waals surface area contributed by atoms with Crippen molar-refractivity contribution in [2.75, 3.05) is 5.73 Å². The van der Waals surface area contributed by atoms with Gasteiger partial charge in [-0.25, -0.2) is 4.98 Å². The summed E-state index contributed by atoms with van der Waals surface area (Å²) >= 11 is 0. The topological polar surface area (TPSA) is 69.9 Å². The highest BCUT2D eigenvalue weighted by Crippen LogP contribution is 2.29. The van der Waals surface area contributed by atoms with Gasteiger partial charge in [-0.3, -0.25) is 0 Å². The number of pyridine rings is 1. The fourth-order valence-electron chi connectivity index (χ4n) is 1.80. The molecule has 2 N–H and O–H groups in total. The number of aromatic nitrogens is 3. The fraction of sp³-hybridized carbons (Fsp3) is 0.0769. The largest absolute Gasteiger partial charge is 0.463 e. The van der Waals surface area contributed by atoms with Crippen molar-refractivity contribution in [3.05, 3.63) is 48.4 Å². The van der Waals surface area contributed by atoms with Crippen LogP contribution in [0, 0.1) is 0 Å². The zero-order chi connectivity index (χ0) is 15.0. The van der Waals surface area contributed by atoms with E-state index in [1.807, 2.05) is 0 Å². The zero-order valence-electron chi connectivity index (χ0n) is 10.5. The van der Waals surface area contributed by atoms with E-state index in [-0.39, 0.29) is 11.6 Å². The standard InChI is InChI=1S/C13H9F3N4O/c14-13(15,16)8-3-4-12(18-7-8)20-11(17)6-9(19-20)10-2-1-5-21-10/h1-7H,17H2. The molecular formula is C13H9F3N4O. The van der Waals surface area contributed by atoms with E-state index < -0.39 is 11.7 Å². The Morgan fingerprint density at radius 2 is 2.00 bits per heavy atom. The van der Waals surface area contributed by atoms with E-state index in [4.69, 9.17) is 10.2 Å². The average Bonchev–Trinajstić information content (AvgIpc) is 3.07. The second-order valence-electron chi connectivity index (χ2n) is 4.25. The number of halogens is 3. The molecule has 108 valence electrons. The monoisotopic (exact) mass is 294 g/mol. The van der Waals surface area contributed by atoms with Crippen LogP contribution in [0.2, 0.25) is 0 Å². The fourth-order valence-corrected chi connectivity index (χ4v) is 1.80. The molecule has 0 aliphatic carbocycles. The lowest BCUT2D eigenvalue weighted by molar-refractivity contribution is -0.137. The molecule has 5 nitrogen and oxygen atoms in total. The van der Waals surface area contributed by atoms with Gasteiger partial charge in [0.1, 0.15) is 11.5 Å². The van der Waals surface area contributed by atoms with Gasteiger partial charge >= 0.3 is 6.18 Å². The number of anilines is 1. The van der Waals surface area contributed by atoms with Gasteiger partial charge in [-0.15, -0.1) is 0 Å². The minimum atomic E-state index is -4.43. The van der Waals surface area contributed by atoms with Gasteiger partial charge in [0.05, 0.1) is 11.8 Å². The number of nitrogen functional groups attached to an aromatic ring is 1. The van der Waals surface area contributed by atoms with Crippen LogP contribution >= 0.6 is 0 Å². The number of hydrogen-bond donors (Lipinski definition) is 1. The maximum absolute atomic E-state index is 12.5. The van der Waals surface area contributed by atoms with Crippen LogP contribution in [0.15, 0.2) is 47.2 Å². The quantitative estimate of drug-likeness (QED) is 0.788. The molecule has 0 unspecified atom stereocenters. The molecule has 3 rings (SSSR count). The minimum absolute atomic E-state index is 0.193. The Labute approximate surface area is 116 Å². The van der Waals surface area contributed by atoms with Gasteiger partial charge in [-0.1, -0.05) is 0 Å². The average molecular weight is 294 g/mol. The lowest BCUT2D eigenvalue weighted by atomic mass is 10.3. The highest BCUT2D eigenvalue weighted by molar-refractivity contribution is 5.58. The Morgan fingerprint density at radius 1 is 1.19 bits per heavy atom. The van der Waals surface area contributed by atoms with Crippen molar-refractivity contribution in [2.24, 2.45) is 0 Å². The molecule has 3 aromatic rings. The first kappa shape index (κ1) is 13.2. The van der Waals surface area contributed by atoms with Crippen LogP contribution < -0.4 is 5.73 Å². The van der Waals surface area contributed by atoms with Crippen molar-refractivity contribution in [1.29, 1.82) is 0 Å². The first-order chi connectivity index (χ1) is 9.95. The van der Waals surface area contributed by atoms with Crippen molar-refractivity contribution in [2.45, 2.75) is 6.18 Å². The molecule has 0 amide bonds. The second kappa shape index (κ2) is 4.65. The number of alkyl halides is 3. The van der Waals surface area contributed by atoms with E-state index in [0.29, 0.717) is 11.5 Å². The van der Waals surface area contributed by atoms with Crippen molar-refractivity contribution in [3.8, 4) is 17.3 Å². The molecule has 0 radical (unpaired) electrons. The summed E-state index contributed by atoms with van der Waals surface area (Å²) in [4.78, 5) is 3.74. The first-order valence-corrected chi connectivity index (χ1v) is 5.88. The van der Waals surface area contributed by atoms with E-state index >= 15 is 0 Å².